The first-order valence-electron chi connectivity index (χ1n) is 8.57. The minimum Gasteiger partial charge on any atom is -0.496 e. The van der Waals surface area contributed by atoms with E-state index in [-0.39, 0.29) is 24.2 Å². The molecule has 1 N–H and O–H groups in total. The van der Waals surface area contributed by atoms with Crippen molar-refractivity contribution in [3.63, 3.8) is 0 Å². The molecule has 0 aliphatic rings. The van der Waals surface area contributed by atoms with E-state index >= 15 is 0 Å². The van der Waals surface area contributed by atoms with Crippen molar-refractivity contribution in [3.05, 3.63) is 65.2 Å². The molecule has 0 fully saturated rings. The second-order valence-corrected chi connectivity index (χ2v) is 6.08. The van der Waals surface area contributed by atoms with Crippen LogP contribution in [-0.4, -0.2) is 18.8 Å². The quantitative estimate of drug-likeness (QED) is 0.737. The van der Waals surface area contributed by atoms with Crippen molar-refractivity contribution in [1.29, 1.82) is 0 Å². The number of benzene rings is 2. The fourth-order valence-corrected chi connectivity index (χ4v) is 2.85. The lowest BCUT2D eigenvalue weighted by Crippen LogP contribution is -2.30. The summed E-state index contributed by atoms with van der Waals surface area (Å²) in [5.74, 6) is 0.505. The molecule has 25 heavy (non-hydrogen) atoms. The zero-order chi connectivity index (χ0) is 18.2. The maximum absolute atomic E-state index is 12.6. The van der Waals surface area contributed by atoms with Gasteiger partial charge in [-0.2, -0.15) is 0 Å². The third-order valence-corrected chi connectivity index (χ3v) is 4.15. The van der Waals surface area contributed by atoms with Gasteiger partial charge < -0.3 is 10.1 Å². The van der Waals surface area contributed by atoms with E-state index in [1.54, 1.807) is 25.3 Å². The summed E-state index contributed by atoms with van der Waals surface area (Å²) < 4.78 is 5.33. The van der Waals surface area contributed by atoms with Gasteiger partial charge in [-0.05, 0) is 37.1 Å². The molecule has 132 valence electrons. The van der Waals surface area contributed by atoms with E-state index in [4.69, 9.17) is 4.74 Å². The van der Waals surface area contributed by atoms with Gasteiger partial charge in [0.2, 0.25) is 5.91 Å². The standard InChI is InChI=1S/C21H25NO3/c1-4-8-19(16-9-6-5-7-10-16)22-21(24)14-18-13-17(15(2)23)11-12-20(18)25-3/h5-7,9-13,19H,4,8,14H2,1-3H3,(H,22,24). The van der Waals surface area contributed by atoms with Gasteiger partial charge in [0.05, 0.1) is 19.6 Å². The molecule has 2 aromatic rings. The largest absolute Gasteiger partial charge is 0.496 e. The summed E-state index contributed by atoms with van der Waals surface area (Å²) in [6.07, 6.45) is 2.03. The van der Waals surface area contributed by atoms with Crippen molar-refractivity contribution in [3.8, 4) is 5.75 Å². The molecule has 0 aromatic heterocycles. The van der Waals surface area contributed by atoms with Gasteiger partial charge in [-0.1, -0.05) is 43.7 Å². The molecule has 2 aromatic carbocycles. The zero-order valence-corrected chi connectivity index (χ0v) is 15.0. The normalized spacial score (nSPS) is 11.6. The van der Waals surface area contributed by atoms with Crippen LogP contribution in [0.3, 0.4) is 0 Å². The number of carbonyl (C=O) groups is 2. The SMILES string of the molecule is CCCC(NC(=O)Cc1cc(C(C)=O)ccc1OC)c1ccccc1. The molecule has 0 bridgehead atoms. The molecule has 1 amide bonds. The average Bonchev–Trinajstić information content (AvgIpc) is 2.62. The molecular weight excluding hydrogens is 314 g/mol. The Labute approximate surface area is 149 Å². The Morgan fingerprint density at radius 2 is 1.84 bits per heavy atom. The summed E-state index contributed by atoms with van der Waals surface area (Å²) in [7, 11) is 1.56. The number of rotatable bonds is 8. The average molecular weight is 339 g/mol. The van der Waals surface area contributed by atoms with E-state index < -0.39 is 0 Å². The van der Waals surface area contributed by atoms with Crippen molar-refractivity contribution in [2.75, 3.05) is 7.11 Å². The van der Waals surface area contributed by atoms with E-state index in [1.165, 1.54) is 6.92 Å². The third kappa shape index (κ3) is 5.18. The highest BCUT2D eigenvalue weighted by Crippen LogP contribution is 2.22. The molecule has 0 aliphatic heterocycles. The van der Waals surface area contributed by atoms with E-state index in [0.717, 1.165) is 24.0 Å². The Bertz CT molecular complexity index is 725. The van der Waals surface area contributed by atoms with Crippen molar-refractivity contribution >= 4 is 11.7 Å². The van der Waals surface area contributed by atoms with Gasteiger partial charge in [0, 0.05) is 11.1 Å². The van der Waals surface area contributed by atoms with Crippen LogP contribution in [0, 0.1) is 0 Å². The number of hydrogen-bond donors (Lipinski definition) is 1. The van der Waals surface area contributed by atoms with Crippen LogP contribution in [0.4, 0.5) is 0 Å². The van der Waals surface area contributed by atoms with Crippen LogP contribution in [0.15, 0.2) is 48.5 Å². The Kier molecular flexibility index (Phi) is 6.75. The summed E-state index contributed by atoms with van der Waals surface area (Å²) in [4.78, 5) is 24.2. The predicted molar refractivity (Wildman–Crippen MR) is 98.9 cm³/mol. The number of amides is 1. The van der Waals surface area contributed by atoms with Gasteiger partial charge in [-0.3, -0.25) is 9.59 Å². The highest BCUT2D eigenvalue weighted by atomic mass is 16.5. The number of ketones is 1. The van der Waals surface area contributed by atoms with Crippen LogP contribution in [-0.2, 0) is 11.2 Å². The molecule has 0 saturated heterocycles. The lowest BCUT2D eigenvalue weighted by molar-refractivity contribution is -0.121. The Morgan fingerprint density at radius 1 is 1.12 bits per heavy atom. The third-order valence-electron chi connectivity index (χ3n) is 4.15. The van der Waals surface area contributed by atoms with Crippen molar-refractivity contribution in [2.24, 2.45) is 0 Å². The van der Waals surface area contributed by atoms with Gasteiger partial charge in [0.15, 0.2) is 5.78 Å². The highest BCUT2D eigenvalue weighted by molar-refractivity contribution is 5.94. The Balaban J connectivity index is 2.15. The van der Waals surface area contributed by atoms with Crippen molar-refractivity contribution in [1.82, 2.24) is 5.32 Å². The van der Waals surface area contributed by atoms with Crippen LogP contribution in [0.2, 0.25) is 0 Å². The molecule has 0 heterocycles. The second kappa shape index (κ2) is 9.02. The summed E-state index contributed by atoms with van der Waals surface area (Å²) >= 11 is 0. The smallest absolute Gasteiger partial charge is 0.225 e. The number of Topliss-reactive ketones (excluding diaryl/α,β-unsaturated/α-hetero) is 1. The highest BCUT2D eigenvalue weighted by Gasteiger charge is 2.16. The molecule has 0 saturated carbocycles. The van der Waals surface area contributed by atoms with Gasteiger partial charge in [0.1, 0.15) is 5.75 Å². The molecule has 0 aliphatic carbocycles. The molecule has 4 heteroatoms. The number of nitrogens with one attached hydrogen (secondary N) is 1. The van der Waals surface area contributed by atoms with Gasteiger partial charge in [0.25, 0.3) is 0 Å². The topological polar surface area (TPSA) is 55.4 Å². The fraction of sp³-hybridized carbons (Fsp3) is 0.333. The zero-order valence-electron chi connectivity index (χ0n) is 15.0. The predicted octanol–water partition coefficient (Wildman–Crippen LogP) is 4.10. The van der Waals surface area contributed by atoms with E-state index in [2.05, 4.69) is 12.2 Å². The van der Waals surface area contributed by atoms with Gasteiger partial charge in [-0.15, -0.1) is 0 Å². The minimum absolute atomic E-state index is 0.0133. The van der Waals surface area contributed by atoms with Crippen LogP contribution >= 0.6 is 0 Å². The maximum Gasteiger partial charge on any atom is 0.225 e. The summed E-state index contributed by atoms with van der Waals surface area (Å²) in [6, 6.07) is 15.1. The molecule has 0 spiro atoms. The first kappa shape index (κ1) is 18.7. The Hall–Kier alpha value is -2.62. The van der Waals surface area contributed by atoms with Crippen LogP contribution in [0.5, 0.6) is 5.75 Å². The fourth-order valence-electron chi connectivity index (χ4n) is 2.85. The summed E-state index contributed by atoms with van der Waals surface area (Å²) in [5, 5.41) is 3.10. The molecule has 1 atom stereocenters. The molecule has 0 radical (unpaired) electrons. The molecular formula is C21H25NO3. The molecule has 1 unspecified atom stereocenters. The number of methoxy groups -OCH3 is 1. The van der Waals surface area contributed by atoms with E-state index in [1.807, 2.05) is 30.3 Å². The maximum atomic E-state index is 12.6. The summed E-state index contributed by atoms with van der Waals surface area (Å²) in [6.45, 7) is 3.61. The van der Waals surface area contributed by atoms with E-state index in [0.29, 0.717) is 11.3 Å². The van der Waals surface area contributed by atoms with Crippen LogP contribution in [0.25, 0.3) is 0 Å². The molecule has 4 nitrogen and oxygen atoms in total. The second-order valence-electron chi connectivity index (χ2n) is 6.08. The van der Waals surface area contributed by atoms with Crippen molar-refractivity contribution < 1.29 is 14.3 Å². The van der Waals surface area contributed by atoms with Gasteiger partial charge >= 0.3 is 0 Å². The summed E-state index contributed by atoms with van der Waals surface area (Å²) in [5.41, 5.74) is 2.40. The molecule has 2 rings (SSSR count). The van der Waals surface area contributed by atoms with Crippen LogP contribution < -0.4 is 10.1 Å². The van der Waals surface area contributed by atoms with Gasteiger partial charge in [-0.25, -0.2) is 0 Å². The number of hydrogen-bond acceptors (Lipinski definition) is 3. The lowest BCUT2D eigenvalue weighted by Gasteiger charge is -2.19. The lowest BCUT2D eigenvalue weighted by atomic mass is 10.0. The monoisotopic (exact) mass is 339 g/mol. The van der Waals surface area contributed by atoms with E-state index in [9.17, 15) is 9.59 Å². The van der Waals surface area contributed by atoms with Crippen LogP contribution in [0.1, 0.15) is 54.2 Å². The first-order valence-corrected chi connectivity index (χ1v) is 8.57. The first-order chi connectivity index (χ1) is 12.0. The van der Waals surface area contributed by atoms with Crippen molar-refractivity contribution in [2.45, 2.75) is 39.2 Å². The Morgan fingerprint density at radius 3 is 2.44 bits per heavy atom. The minimum atomic E-state index is -0.0821. The number of ether oxygens (including phenoxy) is 1. The number of carbonyl (C=O) groups excluding carboxylic acids is 2.